The topological polar surface area (TPSA) is 80.7 Å². The summed E-state index contributed by atoms with van der Waals surface area (Å²) in [5.74, 6) is 3.13. The fraction of sp³-hybridized carbons (Fsp3) is 0.500. The summed E-state index contributed by atoms with van der Waals surface area (Å²) in [6.45, 7) is 4.24. The van der Waals surface area contributed by atoms with Crippen molar-refractivity contribution in [2.45, 2.75) is 49.5 Å². The molecule has 8 rings (SSSR count). The number of carbonyl (C=O) groups is 1. The summed E-state index contributed by atoms with van der Waals surface area (Å²) in [7, 11) is 0. The Morgan fingerprint density at radius 2 is 1.56 bits per heavy atom. The Hall–Kier alpha value is -2.97. The number of amides is 1. The van der Waals surface area contributed by atoms with E-state index < -0.39 is 6.04 Å². The molecule has 2 aromatic carbocycles. The number of carbonyl (C=O) groups excluding carboxylic acids is 1. The standard InChI is InChI=1S/C26H26N2O6/c1-26-11-18-25(30)27-17(6-13-7-20-21(32-3-2-31-20)8-14(13)19(27)12-29)24(28(18)26)15-9-22-23(10-16(15)26)34-5-4-33-22/h7-10,17-19,24,29H,2-6,11-12H2,1H3. The molecule has 6 aliphatic rings. The Morgan fingerprint density at radius 3 is 2.24 bits per heavy atom. The minimum absolute atomic E-state index is 0.0441. The van der Waals surface area contributed by atoms with Crippen LogP contribution in [0, 0.1) is 0 Å². The molecule has 34 heavy (non-hydrogen) atoms. The number of nitrogens with zero attached hydrogens (tertiary/aromatic N) is 2. The molecule has 0 radical (unpaired) electrons. The molecule has 2 saturated heterocycles. The van der Waals surface area contributed by atoms with Crippen LogP contribution in [0.25, 0.3) is 0 Å². The van der Waals surface area contributed by atoms with Crippen molar-refractivity contribution in [3.63, 3.8) is 0 Å². The highest BCUT2D eigenvalue weighted by Gasteiger charge is 2.67. The van der Waals surface area contributed by atoms with Crippen LogP contribution in [0.2, 0.25) is 0 Å². The number of aliphatic hydroxyl groups is 1. The number of rotatable bonds is 1. The summed E-state index contributed by atoms with van der Waals surface area (Å²) < 4.78 is 23.5. The number of hydrogen-bond acceptors (Lipinski definition) is 7. The molecule has 5 atom stereocenters. The molecular weight excluding hydrogens is 436 g/mol. The van der Waals surface area contributed by atoms with Gasteiger partial charge in [0.05, 0.1) is 30.8 Å². The van der Waals surface area contributed by atoms with Crippen molar-refractivity contribution in [1.82, 2.24) is 9.80 Å². The molecule has 2 fully saturated rings. The number of ether oxygens (including phenoxy) is 4. The maximum atomic E-state index is 13.8. The molecule has 6 aliphatic heterocycles. The van der Waals surface area contributed by atoms with Crippen LogP contribution >= 0.6 is 0 Å². The van der Waals surface area contributed by atoms with Crippen molar-refractivity contribution < 1.29 is 28.8 Å². The van der Waals surface area contributed by atoms with Gasteiger partial charge in [-0.05, 0) is 66.3 Å². The van der Waals surface area contributed by atoms with Gasteiger partial charge in [0, 0.05) is 5.54 Å². The summed E-state index contributed by atoms with van der Waals surface area (Å²) in [6, 6.07) is 7.68. The summed E-state index contributed by atoms with van der Waals surface area (Å²) in [6.07, 6.45) is 1.47. The summed E-state index contributed by atoms with van der Waals surface area (Å²) >= 11 is 0. The van der Waals surface area contributed by atoms with E-state index in [4.69, 9.17) is 18.9 Å². The molecule has 2 aromatic rings. The van der Waals surface area contributed by atoms with Gasteiger partial charge in [-0.1, -0.05) is 0 Å². The first kappa shape index (κ1) is 19.3. The smallest absolute Gasteiger partial charge is 0.240 e. The first-order valence-corrected chi connectivity index (χ1v) is 12.2. The molecule has 1 amide bonds. The van der Waals surface area contributed by atoms with Gasteiger partial charge in [-0.25, -0.2) is 0 Å². The highest BCUT2D eigenvalue weighted by molar-refractivity contribution is 5.87. The van der Waals surface area contributed by atoms with E-state index in [-0.39, 0.29) is 36.2 Å². The first-order valence-electron chi connectivity index (χ1n) is 12.2. The number of piperazine rings is 1. The van der Waals surface area contributed by atoms with Gasteiger partial charge in [-0.3, -0.25) is 9.69 Å². The maximum Gasteiger partial charge on any atom is 0.240 e. The lowest BCUT2D eigenvalue weighted by Crippen LogP contribution is -2.73. The van der Waals surface area contributed by atoms with Crippen molar-refractivity contribution in [3.8, 4) is 23.0 Å². The third-order valence-corrected chi connectivity index (χ3v) is 8.77. The molecule has 0 bridgehead atoms. The van der Waals surface area contributed by atoms with E-state index >= 15 is 0 Å². The van der Waals surface area contributed by atoms with E-state index in [0.717, 1.165) is 34.8 Å². The number of benzene rings is 2. The van der Waals surface area contributed by atoms with Gasteiger partial charge in [0.25, 0.3) is 0 Å². The molecule has 8 heteroatoms. The molecule has 0 saturated carbocycles. The van der Waals surface area contributed by atoms with Crippen LogP contribution < -0.4 is 18.9 Å². The van der Waals surface area contributed by atoms with Crippen LogP contribution in [-0.2, 0) is 16.8 Å². The SMILES string of the molecule is CC12CC3C(=O)N4C(CO)c5cc6c(cc5CC4C(c4cc5c(cc41)OCCO5)N32)OCCO6. The van der Waals surface area contributed by atoms with Crippen LogP contribution in [-0.4, -0.2) is 65.9 Å². The minimum atomic E-state index is -0.396. The van der Waals surface area contributed by atoms with Gasteiger partial charge < -0.3 is 29.0 Å². The van der Waals surface area contributed by atoms with Crippen LogP contribution in [0.1, 0.15) is 47.7 Å². The predicted molar refractivity (Wildman–Crippen MR) is 119 cm³/mol. The summed E-state index contributed by atoms with van der Waals surface area (Å²) in [5, 5.41) is 10.5. The van der Waals surface area contributed by atoms with Crippen molar-refractivity contribution >= 4 is 5.91 Å². The molecule has 8 nitrogen and oxygen atoms in total. The summed E-state index contributed by atoms with van der Waals surface area (Å²) in [4.78, 5) is 18.2. The van der Waals surface area contributed by atoms with Gasteiger partial charge in [0.2, 0.25) is 5.91 Å². The van der Waals surface area contributed by atoms with E-state index in [1.54, 1.807) is 0 Å². The van der Waals surface area contributed by atoms with E-state index in [1.165, 1.54) is 11.1 Å². The van der Waals surface area contributed by atoms with E-state index in [0.29, 0.717) is 38.6 Å². The first-order chi connectivity index (χ1) is 16.6. The van der Waals surface area contributed by atoms with Gasteiger partial charge in [0.1, 0.15) is 26.4 Å². The second kappa shape index (κ2) is 6.37. The third kappa shape index (κ3) is 2.19. The lowest BCUT2D eigenvalue weighted by Gasteiger charge is -2.63. The molecule has 0 spiro atoms. The second-order valence-electron chi connectivity index (χ2n) is 10.3. The second-order valence-corrected chi connectivity index (χ2v) is 10.3. The highest BCUT2D eigenvalue weighted by Crippen LogP contribution is 2.64. The van der Waals surface area contributed by atoms with Crippen LogP contribution in [0.5, 0.6) is 23.0 Å². The average Bonchev–Trinajstić information content (AvgIpc) is 3.05. The van der Waals surface area contributed by atoms with Gasteiger partial charge >= 0.3 is 0 Å². The maximum absolute atomic E-state index is 13.8. The van der Waals surface area contributed by atoms with E-state index in [2.05, 4.69) is 30.0 Å². The number of hydrogen-bond donors (Lipinski definition) is 1. The third-order valence-electron chi connectivity index (χ3n) is 8.77. The van der Waals surface area contributed by atoms with Crippen molar-refractivity contribution in [1.29, 1.82) is 0 Å². The quantitative estimate of drug-likeness (QED) is 0.695. The zero-order valence-corrected chi connectivity index (χ0v) is 19.0. The minimum Gasteiger partial charge on any atom is -0.486 e. The van der Waals surface area contributed by atoms with Gasteiger partial charge in [0.15, 0.2) is 23.0 Å². The number of fused-ring (bicyclic) bond motifs is 8. The van der Waals surface area contributed by atoms with E-state index in [1.807, 2.05) is 11.0 Å². The molecule has 6 heterocycles. The summed E-state index contributed by atoms with van der Waals surface area (Å²) in [5.41, 5.74) is 4.34. The molecule has 1 N–H and O–H groups in total. The van der Waals surface area contributed by atoms with Crippen LogP contribution in [0.3, 0.4) is 0 Å². The van der Waals surface area contributed by atoms with Crippen molar-refractivity contribution in [3.05, 3.63) is 46.5 Å². The Balaban J connectivity index is 1.30. The average molecular weight is 463 g/mol. The zero-order valence-electron chi connectivity index (χ0n) is 19.0. The normalized spacial score (nSPS) is 33.9. The fourth-order valence-corrected chi connectivity index (χ4v) is 7.40. The van der Waals surface area contributed by atoms with Crippen LogP contribution in [0.4, 0.5) is 0 Å². The Morgan fingerprint density at radius 1 is 0.941 bits per heavy atom. The molecule has 0 aromatic heterocycles. The van der Waals surface area contributed by atoms with Gasteiger partial charge in [-0.15, -0.1) is 0 Å². The van der Waals surface area contributed by atoms with E-state index in [9.17, 15) is 9.90 Å². The van der Waals surface area contributed by atoms with Crippen molar-refractivity contribution in [2.24, 2.45) is 0 Å². The lowest BCUT2D eigenvalue weighted by atomic mass is 9.73. The Bertz CT molecular complexity index is 1260. The van der Waals surface area contributed by atoms with Crippen molar-refractivity contribution in [2.75, 3.05) is 33.0 Å². The predicted octanol–water partition coefficient (Wildman–Crippen LogP) is 2.07. The fourth-order valence-electron chi connectivity index (χ4n) is 7.40. The molecule has 5 unspecified atom stereocenters. The largest absolute Gasteiger partial charge is 0.486 e. The lowest BCUT2D eigenvalue weighted by molar-refractivity contribution is -0.189. The molecule has 0 aliphatic carbocycles. The molecular formula is C26H26N2O6. The number of aliphatic hydroxyl groups excluding tert-OH is 1. The monoisotopic (exact) mass is 462 g/mol. The highest BCUT2D eigenvalue weighted by atomic mass is 16.6. The zero-order chi connectivity index (χ0) is 22.8. The Kier molecular flexibility index (Phi) is 3.63. The van der Waals surface area contributed by atoms with Crippen LogP contribution in [0.15, 0.2) is 24.3 Å². The Labute approximate surface area is 196 Å². The molecule has 176 valence electrons. The van der Waals surface area contributed by atoms with Gasteiger partial charge in [-0.2, -0.15) is 0 Å².